The monoisotopic (exact) mass is 593 g/mol. The Kier molecular flexibility index (Phi) is 17.2. The van der Waals surface area contributed by atoms with E-state index in [1.165, 1.54) is 17.9 Å². The quantitative estimate of drug-likeness (QED) is 0.332. The van der Waals surface area contributed by atoms with Gasteiger partial charge in [-0.2, -0.15) is 17.6 Å². The number of amidine groups is 1. The van der Waals surface area contributed by atoms with Crippen molar-refractivity contribution in [2.24, 2.45) is 26.5 Å². The standard InChI is InChI=1S/C20H27F3N4O3S.C3H7NO.2C2H6/c1-11(2)13-8-14(30-10-13)9-25-19-17(26-31(29)27-19)6-7-24-16-5-4-15(20(21,22)23)12(3)18(16)28;1-4(2)3-5;2*1-2/h5,8,11,13,15,24,28H,4,6-7,9-10H2,1-3H3,(H,25,27);3H,1-2H3;2*1-2H3. The second-order valence-corrected chi connectivity index (χ2v) is 9.97. The Labute approximate surface area is 239 Å². The molecule has 3 atom stereocenters. The van der Waals surface area contributed by atoms with Gasteiger partial charge in [0, 0.05) is 33.0 Å². The van der Waals surface area contributed by atoms with E-state index in [-0.39, 0.29) is 30.0 Å². The summed E-state index contributed by atoms with van der Waals surface area (Å²) < 4.78 is 64.4. The van der Waals surface area contributed by atoms with Gasteiger partial charge in [-0.25, -0.2) is 4.21 Å². The van der Waals surface area contributed by atoms with Crippen LogP contribution in [0, 0.1) is 17.8 Å². The summed E-state index contributed by atoms with van der Waals surface area (Å²) in [6, 6.07) is 0. The van der Waals surface area contributed by atoms with Gasteiger partial charge < -0.3 is 25.4 Å². The first kappa shape index (κ1) is 37.2. The summed E-state index contributed by atoms with van der Waals surface area (Å²) in [7, 11) is 3.38. The van der Waals surface area contributed by atoms with Gasteiger partial charge in [-0.15, -0.1) is 4.40 Å². The van der Waals surface area contributed by atoms with Crippen LogP contribution in [0.1, 0.15) is 61.3 Å². The van der Waals surface area contributed by atoms with Crippen molar-refractivity contribution in [1.29, 1.82) is 0 Å². The number of carbonyl (C=O) groups is 1. The molecule has 9 nitrogen and oxygen atoms in total. The van der Waals surface area contributed by atoms with Crippen LogP contribution in [0.25, 0.3) is 0 Å². The minimum atomic E-state index is -4.40. The molecular weight excluding hydrogens is 547 g/mol. The number of nitrogens with zero attached hydrogens (tertiary/aromatic N) is 3. The van der Waals surface area contributed by atoms with E-state index >= 15 is 0 Å². The van der Waals surface area contributed by atoms with Crippen molar-refractivity contribution in [3.63, 3.8) is 0 Å². The van der Waals surface area contributed by atoms with Crippen LogP contribution >= 0.6 is 0 Å². The fraction of sp³-hybridized carbons (Fsp3) is 0.667. The Morgan fingerprint density at radius 2 is 1.80 bits per heavy atom. The Morgan fingerprint density at radius 1 is 1.20 bits per heavy atom. The van der Waals surface area contributed by atoms with Crippen LogP contribution in [0.4, 0.5) is 13.2 Å². The molecule has 3 rings (SSSR count). The largest absolute Gasteiger partial charge is 0.506 e. The summed E-state index contributed by atoms with van der Waals surface area (Å²) in [6.07, 6.45) is -0.125. The molecule has 0 saturated carbocycles. The fourth-order valence-electron chi connectivity index (χ4n) is 3.53. The van der Waals surface area contributed by atoms with Crippen LogP contribution in [-0.4, -0.2) is 72.1 Å². The molecule has 0 fully saturated rings. The molecule has 13 heteroatoms. The zero-order chi connectivity index (χ0) is 31.0. The van der Waals surface area contributed by atoms with Crippen LogP contribution in [-0.2, 0) is 20.7 Å². The number of aliphatic hydroxyl groups excluding tert-OH is 1. The number of allylic oxidation sites excluding steroid dienone is 2. The van der Waals surface area contributed by atoms with Crippen LogP contribution < -0.4 is 10.6 Å². The lowest BCUT2D eigenvalue weighted by Gasteiger charge is -2.26. The molecule has 0 spiro atoms. The Bertz CT molecular complexity index is 989. The first-order valence-corrected chi connectivity index (χ1v) is 14.6. The van der Waals surface area contributed by atoms with Crippen molar-refractivity contribution in [3.05, 3.63) is 34.9 Å². The molecule has 2 heterocycles. The predicted octanol–water partition coefficient (Wildman–Crippen LogP) is 5.23. The van der Waals surface area contributed by atoms with Gasteiger partial charge in [0.25, 0.3) is 11.2 Å². The molecule has 3 aliphatic rings. The van der Waals surface area contributed by atoms with Gasteiger partial charge in [0.2, 0.25) is 6.41 Å². The minimum Gasteiger partial charge on any atom is -0.506 e. The normalized spacial score (nSPS) is 21.6. The number of hydrogen-bond acceptors (Lipinski definition) is 6. The molecule has 2 aliphatic heterocycles. The predicted molar refractivity (Wildman–Crippen MR) is 156 cm³/mol. The average Bonchev–Trinajstić information content (AvgIpc) is 3.53. The molecule has 40 heavy (non-hydrogen) atoms. The van der Waals surface area contributed by atoms with Gasteiger partial charge in [-0.1, -0.05) is 47.6 Å². The first-order valence-electron chi connectivity index (χ1n) is 13.5. The molecule has 1 amide bonds. The molecule has 0 aromatic carbocycles. The van der Waals surface area contributed by atoms with Gasteiger partial charge in [0.15, 0.2) is 5.84 Å². The van der Waals surface area contributed by atoms with E-state index in [0.29, 0.717) is 43.0 Å². The number of carbonyl (C=O) groups excluding carboxylic acids is 1. The molecule has 0 saturated heterocycles. The maximum Gasteiger partial charge on any atom is 0.395 e. The van der Waals surface area contributed by atoms with E-state index in [1.54, 1.807) is 14.1 Å². The van der Waals surface area contributed by atoms with Crippen molar-refractivity contribution in [3.8, 4) is 0 Å². The number of aliphatic hydroxyl groups is 1. The highest BCUT2D eigenvalue weighted by atomic mass is 32.2. The van der Waals surface area contributed by atoms with E-state index in [2.05, 4.69) is 39.4 Å². The molecule has 0 bridgehead atoms. The van der Waals surface area contributed by atoms with Gasteiger partial charge in [0.1, 0.15) is 11.5 Å². The Balaban J connectivity index is 0.00000150. The topological polar surface area (TPSA) is 116 Å². The lowest BCUT2D eigenvalue weighted by molar-refractivity contribution is -0.164. The second kappa shape index (κ2) is 18.5. The average molecular weight is 594 g/mol. The smallest absolute Gasteiger partial charge is 0.395 e. The van der Waals surface area contributed by atoms with Gasteiger partial charge >= 0.3 is 6.18 Å². The van der Waals surface area contributed by atoms with Crippen molar-refractivity contribution >= 4 is 29.1 Å². The number of ether oxygens (including phenoxy) is 1. The van der Waals surface area contributed by atoms with Crippen molar-refractivity contribution in [2.45, 2.75) is 67.5 Å². The summed E-state index contributed by atoms with van der Waals surface area (Å²) in [5.41, 5.74) is 0.647. The van der Waals surface area contributed by atoms with Gasteiger partial charge in [-0.3, -0.25) is 4.79 Å². The maximum absolute atomic E-state index is 13.0. The first-order chi connectivity index (χ1) is 18.8. The number of halogens is 3. The van der Waals surface area contributed by atoms with E-state index in [9.17, 15) is 27.3 Å². The lowest BCUT2D eigenvalue weighted by Crippen LogP contribution is -2.33. The van der Waals surface area contributed by atoms with Crippen LogP contribution in [0.2, 0.25) is 0 Å². The zero-order valence-electron chi connectivity index (χ0n) is 25.1. The summed E-state index contributed by atoms with van der Waals surface area (Å²) in [4.78, 5) is 10.9. The summed E-state index contributed by atoms with van der Waals surface area (Å²) in [5.74, 6) is -0.0186. The van der Waals surface area contributed by atoms with E-state index in [1.807, 2.05) is 27.7 Å². The third kappa shape index (κ3) is 12.1. The molecule has 230 valence electrons. The maximum atomic E-state index is 13.0. The molecule has 0 aromatic rings. The van der Waals surface area contributed by atoms with E-state index < -0.39 is 23.3 Å². The number of alkyl halides is 3. The highest BCUT2D eigenvalue weighted by molar-refractivity contribution is 7.83. The second-order valence-electron chi connectivity index (χ2n) is 9.14. The molecule has 3 N–H and O–H groups in total. The minimum absolute atomic E-state index is 0.106. The summed E-state index contributed by atoms with van der Waals surface area (Å²) in [5, 5.41) is 16.2. The summed E-state index contributed by atoms with van der Waals surface area (Å²) in [6.45, 7) is 14.9. The SMILES string of the molecule is CC.CC.CC1=C(O)C(NCCC2=NS(=O)N=C2NCC2=CC(C(C)C)CO2)=CCC1C(F)(F)F.CN(C)C=O. The molecule has 1 aliphatic carbocycles. The van der Waals surface area contributed by atoms with Crippen LogP contribution in [0.3, 0.4) is 0 Å². The van der Waals surface area contributed by atoms with Gasteiger partial charge in [0.05, 0.1) is 30.5 Å². The molecular formula is C27H46F3N5O4S. The van der Waals surface area contributed by atoms with E-state index in [0.717, 1.165) is 12.2 Å². The third-order valence-electron chi connectivity index (χ3n) is 5.77. The zero-order valence-corrected chi connectivity index (χ0v) is 25.9. The van der Waals surface area contributed by atoms with Crippen molar-refractivity contribution in [1.82, 2.24) is 15.5 Å². The highest BCUT2D eigenvalue weighted by Gasteiger charge is 2.42. The number of hydrogen-bond donors (Lipinski definition) is 3. The molecule has 0 radical (unpaired) electrons. The number of amides is 1. The van der Waals surface area contributed by atoms with Crippen molar-refractivity contribution < 1.29 is 32.0 Å². The van der Waals surface area contributed by atoms with Crippen molar-refractivity contribution in [2.75, 3.05) is 33.8 Å². The van der Waals surface area contributed by atoms with Gasteiger partial charge in [-0.05, 0) is 30.9 Å². The Morgan fingerprint density at radius 3 is 2.30 bits per heavy atom. The van der Waals surface area contributed by atoms with E-state index in [4.69, 9.17) is 4.74 Å². The summed E-state index contributed by atoms with van der Waals surface area (Å²) >= 11 is -1.71. The van der Waals surface area contributed by atoms with Crippen LogP contribution in [0.5, 0.6) is 0 Å². The fourth-order valence-corrected chi connectivity index (χ4v) is 4.26. The number of nitrogens with one attached hydrogen (secondary N) is 2. The molecule has 3 unspecified atom stereocenters. The van der Waals surface area contributed by atoms with Crippen LogP contribution in [0.15, 0.2) is 43.7 Å². The highest BCUT2D eigenvalue weighted by Crippen LogP contribution is 2.39. The molecule has 0 aromatic heterocycles. The number of rotatable bonds is 8. The third-order valence-corrected chi connectivity index (χ3v) is 6.49. The lowest BCUT2D eigenvalue weighted by atomic mass is 9.89. The Hall–Kier alpha value is -2.83.